The van der Waals surface area contributed by atoms with E-state index in [1.54, 1.807) is 0 Å². The van der Waals surface area contributed by atoms with Crippen molar-refractivity contribution in [2.45, 2.75) is 51.2 Å². The average molecular weight is 356 g/mol. The second kappa shape index (κ2) is 10.2. The summed E-state index contributed by atoms with van der Waals surface area (Å²) in [5.41, 5.74) is 0.341. The molecule has 0 radical (unpaired) electrons. The van der Waals surface area contributed by atoms with Gasteiger partial charge in [0.2, 0.25) is 0 Å². The Labute approximate surface area is 147 Å². The number of methoxy groups -OCH3 is 1. The van der Waals surface area contributed by atoms with Crippen LogP contribution in [0.1, 0.15) is 48.9 Å². The van der Waals surface area contributed by atoms with Crippen molar-refractivity contribution in [3.63, 3.8) is 0 Å². The number of carbonyl (C=O) groups excluding carboxylic acids is 1. The van der Waals surface area contributed by atoms with Crippen molar-refractivity contribution in [3.8, 4) is 11.5 Å². The molecule has 0 bridgehead atoms. The number of ether oxygens (including phenoxy) is 2. The van der Waals surface area contributed by atoms with Gasteiger partial charge in [0.15, 0.2) is 11.5 Å². The molecule has 1 amide bonds. The zero-order valence-electron chi connectivity index (χ0n) is 14.5. The lowest BCUT2D eigenvalue weighted by Crippen LogP contribution is -2.36. The van der Waals surface area contributed by atoms with Gasteiger partial charge in [-0.15, -0.1) is 0 Å². The first-order valence-corrected chi connectivity index (χ1v) is 8.74. The molecule has 0 unspecified atom stereocenters. The maximum Gasteiger partial charge on any atom is 0.387 e. The Morgan fingerprint density at radius 1 is 1.16 bits per heavy atom. The van der Waals surface area contributed by atoms with Crippen molar-refractivity contribution in [1.82, 2.24) is 10.6 Å². The van der Waals surface area contributed by atoms with E-state index in [1.807, 2.05) is 0 Å². The Hall–Kier alpha value is -1.89. The summed E-state index contributed by atoms with van der Waals surface area (Å²) in [7, 11) is 1.34. The van der Waals surface area contributed by atoms with Crippen LogP contribution in [0.15, 0.2) is 18.2 Å². The number of nitrogens with one attached hydrogen (secondary N) is 2. The number of benzene rings is 1. The van der Waals surface area contributed by atoms with Crippen LogP contribution in [0.4, 0.5) is 8.78 Å². The van der Waals surface area contributed by atoms with E-state index in [0.717, 1.165) is 0 Å². The molecule has 0 saturated heterocycles. The lowest BCUT2D eigenvalue weighted by molar-refractivity contribution is -0.0512. The molecule has 2 rings (SSSR count). The molecule has 1 fully saturated rings. The van der Waals surface area contributed by atoms with E-state index in [2.05, 4.69) is 15.4 Å². The first-order valence-electron chi connectivity index (χ1n) is 8.74. The zero-order chi connectivity index (χ0) is 18.1. The highest BCUT2D eigenvalue weighted by molar-refractivity contribution is 5.94. The number of alkyl halides is 2. The number of carbonyl (C=O) groups is 1. The average Bonchev–Trinajstić information content (AvgIpc) is 2.87. The molecule has 1 aliphatic carbocycles. The standard InChI is InChI=1S/C18H26F2N2O3/c1-24-16-12-13(8-9-15(16)25-18(19)20)17(23)22-11-10-21-14-6-4-2-3-5-7-14/h8-9,12,14,18,21H,2-7,10-11H2,1H3,(H,22,23). The molecule has 0 spiro atoms. The minimum atomic E-state index is -2.94. The van der Waals surface area contributed by atoms with Crippen LogP contribution in [-0.2, 0) is 0 Å². The number of rotatable bonds is 8. The van der Waals surface area contributed by atoms with Gasteiger partial charge in [0, 0.05) is 24.7 Å². The molecule has 2 N–H and O–H groups in total. The summed E-state index contributed by atoms with van der Waals surface area (Å²) in [5, 5.41) is 6.30. The predicted octanol–water partition coefficient (Wildman–Crippen LogP) is 3.34. The van der Waals surface area contributed by atoms with E-state index in [-0.39, 0.29) is 17.4 Å². The second-order valence-electron chi connectivity index (χ2n) is 6.14. The van der Waals surface area contributed by atoms with Gasteiger partial charge in [-0.25, -0.2) is 0 Å². The topological polar surface area (TPSA) is 59.6 Å². The van der Waals surface area contributed by atoms with E-state index < -0.39 is 6.61 Å². The van der Waals surface area contributed by atoms with Crippen molar-refractivity contribution in [3.05, 3.63) is 23.8 Å². The summed E-state index contributed by atoms with van der Waals surface area (Å²) in [6.07, 6.45) is 7.52. The van der Waals surface area contributed by atoms with Crippen LogP contribution < -0.4 is 20.1 Å². The first-order chi connectivity index (χ1) is 12.1. The Morgan fingerprint density at radius 2 is 1.88 bits per heavy atom. The maximum atomic E-state index is 12.3. The van der Waals surface area contributed by atoms with Crippen molar-refractivity contribution in [1.29, 1.82) is 0 Å². The molecule has 1 saturated carbocycles. The number of hydrogen-bond acceptors (Lipinski definition) is 4. The molecule has 0 heterocycles. The summed E-state index contributed by atoms with van der Waals surface area (Å²) in [6.45, 7) is -1.73. The van der Waals surface area contributed by atoms with Crippen LogP contribution in [0.25, 0.3) is 0 Å². The molecule has 0 aliphatic heterocycles. The second-order valence-corrected chi connectivity index (χ2v) is 6.14. The van der Waals surface area contributed by atoms with Crippen LogP contribution in [0, 0.1) is 0 Å². The van der Waals surface area contributed by atoms with E-state index >= 15 is 0 Å². The van der Waals surface area contributed by atoms with Gasteiger partial charge in [-0.05, 0) is 31.0 Å². The van der Waals surface area contributed by atoms with Crippen LogP contribution in [0.5, 0.6) is 11.5 Å². The molecule has 1 aromatic rings. The fourth-order valence-corrected chi connectivity index (χ4v) is 3.04. The van der Waals surface area contributed by atoms with Crippen molar-refractivity contribution in [2.24, 2.45) is 0 Å². The lowest BCUT2D eigenvalue weighted by Gasteiger charge is -2.16. The summed E-state index contributed by atoms with van der Waals surface area (Å²) in [6, 6.07) is 4.68. The number of hydrogen-bond donors (Lipinski definition) is 2. The van der Waals surface area contributed by atoms with Crippen LogP contribution in [0.3, 0.4) is 0 Å². The van der Waals surface area contributed by atoms with Gasteiger partial charge in [-0.3, -0.25) is 4.79 Å². The van der Waals surface area contributed by atoms with Crippen LogP contribution >= 0.6 is 0 Å². The molecular formula is C18H26F2N2O3. The first kappa shape index (κ1) is 19.4. The predicted molar refractivity (Wildman–Crippen MR) is 91.5 cm³/mol. The van der Waals surface area contributed by atoms with Gasteiger partial charge in [0.1, 0.15) is 0 Å². The fraction of sp³-hybridized carbons (Fsp3) is 0.611. The Morgan fingerprint density at radius 3 is 2.52 bits per heavy atom. The molecule has 25 heavy (non-hydrogen) atoms. The fourth-order valence-electron chi connectivity index (χ4n) is 3.04. The van der Waals surface area contributed by atoms with E-state index in [1.165, 1.54) is 63.8 Å². The zero-order valence-corrected chi connectivity index (χ0v) is 14.5. The van der Waals surface area contributed by atoms with Gasteiger partial charge >= 0.3 is 6.61 Å². The van der Waals surface area contributed by atoms with E-state index in [4.69, 9.17) is 4.74 Å². The van der Waals surface area contributed by atoms with Crippen molar-refractivity contribution in [2.75, 3.05) is 20.2 Å². The largest absolute Gasteiger partial charge is 0.493 e. The molecule has 5 nitrogen and oxygen atoms in total. The van der Waals surface area contributed by atoms with Gasteiger partial charge in [0.05, 0.1) is 7.11 Å². The highest BCUT2D eigenvalue weighted by Crippen LogP contribution is 2.29. The minimum Gasteiger partial charge on any atom is -0.493 e. The van der Waals surface area contributed by atoms with Gasteiger partial charge in [-0.1, -0.05) is 25.7 Å². The maximum absolute atomic E-state index is 12.3. The molecule has 0 atom stereocenters. The van der Waals surface area contributed by atoms with Crippen LogP contribution in [-0.4, -0.2) is 38.8 Å². The van der Waals surface area contributed by atoms with Crippen molar-refractivity contribution >= 4 is 5.91 Å². The Kier molecular flexibility index (Phi) is 7.91. The Bertz CT molecular complexity index is 547. The number of amides is 1. The minimum absolute atomic E-state index is 0.0934. The third-order valence-corrected chi connectivity index (χ3v) is 4.34. The summed E-state index contributed by atoms with van der Waals surface area (Å²) < 4.78 is 34.0. The normalized spacial score (nSPS) is 15.7. The monoisotopic (exact) mass is 356 g/mol. The SMILES string of the molecule is COc1cc(C(=O)NCCNC2CCCCCC2)ccc1OC(F)F. The smallest absolute Gasteiger partial charge is 0.387 e. The van der Waals surface area contributed by atoms with Crippen LogP contribution in [0.2, 0.25) is 0 Å². The molecule has 1 aromatic carbocycles. The summed E-state index contributed by atoms with van der Waals surface area (Å²) in [5.74, 6) is -0.266. The van der Waals surface area contributed by atoms with E-state index in [0.29, 0.717) is 24.7 Å². The molecule has 140 valence electrons. The third-order valence-electron chi connectivity index (χ3n) is 4.34. The molecule has 1 aliphatic rings. The lowest BCUT2D eigenvalue weighted by atomic mass is 10.1. The summed E-state index contributed by atoms with van der Waals surface area (Å²) in [4.78, 5) is 12.2. The van der Waals surface area contributed by atoms with E-state index in [9.17, 15) is 13.6 Å². The van der Waals surface area contributed by atoms with Gasteiger partial charge in [-0.2, -0.15) is 8.78 Å². The quantitative estimate of drug-likeness (QED) is 0.554. The molecule has 7 heteroatoms. The Balaban J connectivity index is 1.79. The number of halogens is 2. The van der Waals surface area contributed by atoms with Gasteiger partial charge in [0.25, 0.3) is 5.91 Å². The van der Waals surface area contributed by atoms with Crippen molar-refractivity contribution < 1.29 is 23.0 Å². The van der Waals surface area contributed by atoms with Gasteiger partial charge < -0.3 is 20.1 Å². The highest BCUT2D eigenvalue weighted by atomic mass is 19.3. The highest BCUT2D eigenvalue weighted by Gasteiger charge is 2.14. The molecule has 0 aromatic heterocycles. The summed E-state index contributed by atoms with van der Waals surface area (Å²) >= 11 is 0. The molecular weight excluding hydrogens is 330 g/mol. The third kappa shape index (κ3) is 6.49.